The van der Waals surface area contributed by atoms with Crippen molar-refractivity contribution >= 4 is 11.0 Å². The van der Waals surface area contributed by atoms with Crippen LogP contribution in [0.15, 0.2) is 24.3 Å². The second-order valence-corrected chi connectivity index (χ2v) is 5.96. The lowest BCUT2D eigenvalue weighted by molar-refractivity contribution is 0.0431. The summed E-state index contributed by atoms with van der Waals surface area (Å²) in [5.41, 5.74) is 2.33. The predicted octanol–water partition coefficient (Wildman–Crippen LogP) is 4.30. The number of rotatable bonds is 7. The third-order valence-corrected chi connectivity index (χ3v) is 3.38. The number of nitrogens with zero attached hydrogens (tertiary/aromatic N) is 1. The summed E-state index contributed by atoms with van der Waals surface area (Å²) in [7, 11) is 0. The second-order valence-electron chi connectivity index (χ2n) is 5.96. The molecule has 3 nitrogen and oxygen atoms in total. The smallest absolute Gasteiger partial charge is 0.133 e. The quantitative estimate of drug-likeness (QED) is 0.806. The van der Waals surface area contributed by atoms with Gasteiger partial charge in [0.2, 0.25) is 0 Å². The lowest BCUT2D eigenvalue weighted by Crippen LogP contribution is -2.19. The third kappa shape index (κ3) is 4.06. The van der Waals surface area contributed by atoms with Crippen LogP contribution in [0.3, 0.4) is 0 Å². The van der Waals surface area contributed by atoms with E-state index in [9.17, 15) is 0 Å². The number of fused-ring (bicyclic) bond motifs is 1. The highest BCUT2D eigenvalue weighted by molar-refractivity contribution is 5.74. The monoisotopic (exact) mass is 260 g/mol. The van der Waals surface area contributed by atoms with Gasteiger partial charge in [-0.05, 0) is 24.0 Å². The van der Waals surface area contributed by atoms with Crippen LogP contribution in [0.1, 0.15) is 45.9 Å². The molecule has 2 rings (SSSR count). The van der Waals surface area contributed by atoms with Crippen molar-refractivity contribution in [2.75, 3.05) is 6.61 Å². The van der Waals surface area contributed by atoms with Gasteiger partial charge in [-0.25, -0.2) is 4.98 Å². The molecule has 1 heterocycles. The zero-order valence-electron chi connectivity index (χ0n) is 12.2. The summed E-state index contributed by atoms with van der Waals surface area (Å²) in [6.07, 6.45) is 3.72. The number of para-hydroxylation sites is 2. The maximum atomic E-state index is 5.82. The molecule has 19 heavy (non-hydrogen) atoms. The molecular formula is C16H24N2O. The van der Waals surface area contributed by atoms with E-state index in [1.165, 1.54) is 19.3 Å². The summed E-state index contributed by atoms with van der Waals surface area (Å²) in [4.78, 5) is 7.80. The molecule has 1 N–H and O–H groups in total. The molecule has 0 fully saturated rings. The molecule has 0 unspecified atom stereocenters. The van der Waals surface area contributed by atoms with E-state index in [1.54, 1.807) is 0 Å². The number of unbranched alkanes of at least 4 members (excludes halogenated alkanes) is 1. The largest absolute Gasteiger partial charge is 0.373 e. The van der Waals surface area contributed by atoms with E-state index in [2.05, 4.69) is 30.7 Å². The first-order valence-electron chi connectivity index (χ1n) is 7.12. The molecule has 0 bridgehead atoms. The van der Waals surface area contributed by atoms with Crippen molar-refractivity contribution in [2.24, 2.45) is 5.41 Å². The van der Waals surface area contributed by atoms with Gasteiger partial charge in [-0.1, -0.05) is 45.7 Å². The maximum absolute atomic E-state index is 5.82. The molecule has 0 aliphatic heterocycles. The Morgan fingerprint density at radius 3 is 2.79 bits per heavy atom. The molecule has 0 saturated carbocycles. The van der Waals surface area contributed by atoms with Gasteiger partial charge in [-0.3, -0.25) is 0 Å². The van der Waals surface area contributed by atoms with E-state index in [1.807, 2.05) is 24.3 Å². The van der Waals surface area contributed by atoms with Gasteiger partial charge in [-0.2, -0.15) is 0 Å². The Morgan fingerprint density at radius 1 is 1.26 bits per heavy atom. The molecule has 0 amide bonds. The Labute approximate surface area is 115 Å². The first-order valence-corrected chi connectivity index (χ1v) is 7.12. The summed E-state index contributed by atoms with van der Waals surface area (Å²) in [6.45, 7) is 8.10. The van der Waals surface area contributed by atoms with E-state index >= 15 is 0 Å². The van der Waals surface area contributed by atoms with Crippen LogP contribution in [-0.4, -0.2) is 16.6 Å². The number of aromatic amines is 1. The van der Waals surface area contributed by atoms with Gasteiger partial charge >= 0.3 is 0 Å². The first kappa shape index (κ1) is 14.1. The maximum Gasteiger partial charge on any atom is 0.133 e. The number of H-pyrrole nitrogens is 1. The molecule has 1 aromatic carbocycles. The van der Waals surface area contributed by atoms with Crippen molar-refractivity contribution in [1.82, 2.24) is 9.97 Å². The van der Waals surface area contributed by atoms with Crippen LogP contribution in [0.2, 0.25) is 0 Å². The van der Waals surface area contributed by atoms with Crippen LogP contribution in [0.5, 0.6) is 0 Å². The van der Waals surface area contributed by atoms with Crippen molar-refractivity contribution in [2.45, 2.75) is 46.6 Å². The predicted molar refractivity (Wildman–Crippen MR) is 79.1 cm³/mol. The van der Waals surface area contributed by atoms with Crippen molar-refractivity contribution in [1.29, 1.82) is 0 Å². The van der Waals surface area contributed by atoms with Crippen LogP contribution in [0, 0.1) is 5.41 Å². The van der Waals surface area contributed by atoms with E-state index in [4.69, 9.17) is 4.74 Å². The highest BCUT2D eigenvalue weighted by atomic mass is 16.5. The molecule has 104 valence electrons. The fraction of sp³-hybridized carbons (Fsp3) is 0.562. The number of imidazole rings is 1. The fourth-order valence-corrected chi connectivity index (χ4v) is 2.23. The van der Waals surface area contributed by atoms with E-state index < -0.39 is 0 Å². The molecule has 0 atom stereocenters. The number of ether oxygens (including phenoxy) is 1. The molecule has 0 aliphatic rings. The van der Waals surface area contributed by atoms with Crippen molar-refractivity contribution in [3.63, 3.8) is 0 Å². The zero-order chi connectivity index (χ0) is 13.7. The summed E-state index contributed by atoms with van der Waals surface area (Å²) >= 11 is 0. The average Bonchev–Trinajstić information content (AvgIpc) is 2.78. The highest BCUT2D eigenvalue weighted by Gasteiger charge is 2.17. The molecule has 0 radical (unpaired) electrons. The molecule has 0 saturated heterocycles. The lowest BCUT2D eigenvalue weighted by atomic mass is 9.88. The summed E-state index contributed by atoms with van der Waals surface area (Å²) in [6, 6.07) is 8.07. The van der Waals surface area contributed by atoms with Gasteiger partial charge < -0.3 is 9.72 Å². The van der Waals surface area contributed by atoms with E-state index in [0.29, 0.717) is 6.61 Å². The first-order chi connectivity index (χ1) is 9.11. The van der Waals surface area contributed by atoms with Crippen LogP contribution in [0.4, 0.5) is 0 Å². The topological polar surface area (TPSA) is 37.9 Å². The average molecular weight is 260 g/mol. The van der Waals surface area contributed by atoms with Crippen molar-refractivity contribution in [3.05, 3.63) is 30.1 Å². The molecule has 0 spiro atoms. The Kier molecular flexibility index (Phi) is 4.59. The van der Waals surface area contributed by atoms with Crippen LogP contribution in [0.25, 0.3) is 11.0 Å². The minimum absolute atomic E-state index is 0.252. The van der Waals surface area contributed by atoms with Gasteiger partial charge in [0, 0.05) is 0 Å². The van der Waals surface area contributed by atoms with Gasteiger partial charge in [0.05, 0.1) is 17.6 Å². The fourth-order valence-electron chi connectivity index (χ4n) is 2.23. The SMILES string of the molecule is CCCCC(C)(C)COCc1nc2ccccc2[nH]1. The lowest BCUT2D eigenvalue weighted by Gasteiger charge is -2.23. The van der Waals surface area contributed by atoms with E-state index in [-0.39, 0.29) is 5.41 Å². The molecule has 2 aromatic rings. The standard InChI is InChI=1S/C16H24N2O/c1-4-5-10-16(2,3)12-19-11-15-17-13-8-6-7-9-14(13)18-15/h6-9H,4-5,10-12H2,1-3H3,(H,17,18). The van der Waals surface area contributed by atoms with Crippen LogP contribution < -0.4 is 0 Å². The number of nitrogens with one attached hydrogen (secondary N) is 1. The molecule has 3 heteroatoms. The Bertz CT molecular complexity index is 483. The minimum atomic E-state index is 0.252. The van der Waals surface area contributed by atoms with Gasteiger partial charge in [-0.15, -0.1) is 0 Å². The van der Waals surface area contributed by atoms with Crippen LogP contribution in [-0.2, 0) is 11.3 Å². The Morgan fingerprint density at radius 2 is 2.05 bits per heavy atom. The van der Waals surface area contributed by atoms with E-state index in [0.717, 1.165) is 23.5 Å². The number of hydrogen-bond acceptors (Lipinski definition) is 2. The zero-order valence-corrected chi connectivity index (χ0v) is 12.2. The van der Waals surface area contributed by atoms with Gasteiger partial charge in [0.1, 0.15) is 12.4 Å². The minimum Gasteiger partial charge on any atom is -0.373 e. The summed E-state index contributed by atoms with van der Waals surface area (Å²) in [5.74, 6) is 0.910. The highest BCUT2D eigenvalue weighted by Crippen LogP contribution is 2.24. The van der Waals surface area contributed by atoms with Crippen LogP contribution >= 0.6 is 0 Å². The molecule has 1 aromatic heterocycles. The van der Waals surface area contributed by atoms with Gasteiger partial charge in [0.25, 0.3) is 0 Å². The number of benzene rings is 1. The Hall–Kier alpha value is -1.35. The van der Waals surface area contributed by atoms with Gasteiger partial charge in [0.15, 0.2) is 0 Å². The Balaban J connectivity index is 1.85. The summed E-state index contributed by atoms with van der Waals surface area (Å²) in [5, 5.41) is 0. The third-order valence-electron chi connectivity index (χ3n) is 3.38. The normalized spacial score (nSPS) is 12.2. The number of hydrogen-bond donors (Lipinski definition) is 1. The van der Waals surface area contributed by atoms with Crippen molar-refractivity contribution < 1.29 is 4.74 Å². The van der Waals surface area contributed by atoms with Crippen molar-refractivity contribution in [3.8, 4) is 0 Å². The molecule has 0 aliphatic carbocycles. The number of aromatic nitrogens is 2. The second kappa shape index (κ2) is 6.20. The summed E-state index contributed by atoms with van der Waals surface area (Å²) < 4.78 is 5.82. The molecular weight excluding hydrogens is 236 g/mol.